The molecule has 0 aromatic heterocycles. The van der Waals surface area contributed by atoms with Gasteiger partial charge in [0, 0.05) is 18.5 Å². The summed E-state index contributed by atoms with van der Waals surface area (Å²) in [5.41, 5.74) is 6.19. The van der Waals surface area contributed by atoms with Crippen LogP contribution in [0.5, 0.6) is 0 Å². The number of carbonyl (C=O) groups is 2. The highest BCUT2D eigenvalue weighted by Crippen LogP contribution is 2.27. The standard InChI is InChI=1S/C15H17N3O2/c19-14-9-8-13(17-18-14)15(20)16-12-7-3-5-10-4-1-2-6-11(10)12/h3,5,7H,1-2,4,6,8-9H2,(H,16,20)(H,18,19). The molecule has 104 valence electrons. The number of carbonyl (C=O) groups excluding carboxylic acids is 2. The van der Waals surface area contributed by atoms with Crippen molar-refractivity contribution in [2.75, 3.05) is 5.32 Å². The first-order valence-corrected chi connectivity index (χ1v) is 7.01. The average Bonchev–Trinajstić information content (AvgIpc) is 2.48. The van der Waals surface area contributed by atoms with Crippen LogP contribution in [0.15, 0.2) is 23.3 Å². The molecule has 2 N–H and O–H groups in total. The molecule has 3 rings (SSSR count). The molecule has 1 aromatic rings. The van der Waals surface area contributed by atoms with E-state index in [0.717, 1.165) is 24.9 Å². The molecule has 0 spiro atoms. The third-order valence-corrected chi connectivity index (χ3v) is 3.81. The zero-order valence-corrected chi connectivity index (χ0v) is 11.2. The summed E-state index contributed by atoms with van der Waals surface area (Å²) in [6.07, 6.45) is 5.18. The van der Waals surface area contributed by atoms with E-state index in [9.17, 15) is 9.59 Å². The van der Waals surface area contributed by atoms with Crippen molar-refractivity contribution in [1.82, 2.24) is 5.43 Å². The van der Waals surface area contributed by atoms with Gasteiger partial charge in [0.25, 0.3) is 5.91 Å². The fourth-order valence-electron chi connectivity index (χ4n) is 2.73. The van der Waals surface area contributed by atoms with Gasteiger partial charge in [-0.1, -0.05) is 12.1 Å². The quantitative estimate of drug-likeness (QED) is 0.860. The summed E-state index contributed by atoms with van der Waals surface area (Å²) in [4.78, 5) is 23.2. The molecule has 5 heteroatoms. The molecular formula is C15H17N3O2. The molecule has 1 aromatic carbocycles. The van der Waals surface area contributed by atoms with E-state index >= 15 is 0 Å². The lowest BCUT2D eigenvalue weighted by atomic mass is 9.90. The number of hydrogen-bond donors (Lipinski definition) is 2. The number of amides is 2. The molecule has 0 fully saturated rings. The van der Waals surface area contributed by atoms with Crippen molar-refractivity contribution in [1.29, 1.82) is 0 Å². The third kappa shape index (κ3) is 2.57. The summed E-state index contributed by atoms with van der Waals surface area (Å²) in [7, 11) is 0. The van der Waals surface area contributed by atoms with Crippen LogP contribution in [-0.2, 0) is 22.4 Å². The number of fused-ring (bicyclic) bond motifs is 1. The molecule has 1 heterocycles. The summed E-state index contributed by atoms with van der Waals surface area (Å²) in [5, 5.41) is 6.76. The minimum atomic E-state index is -0.219. The van der Waals surface area contributed by atoms with E-state index in [4.69, 9.17) is 0 Å². The minimum absolute atomic E-state index is 0.140. The molecule has 1 aliphatic carbocycles. The van der Waals surface area contributed by atoms with E-state index in [0.29, 0.717) is 18.6 Å². The van der Waals surface area contributed by atoms with Crippen LogP contribution in [0.2, 0.25) is 0 Å². The summed E-state index contributed by atoms with van der Waals surface area (Å²) < 4.78 is 0. The Kier molecular flexibility index (Phi) is 3.50. The van der Waals surface area contributed by atoms with Gasteiger partial charge < -0.3 is 5.32 Å². The summed E-state index contributed by atoms with van der Waals surface area (Å²) >= 11 is 0. The van der Waals surface area contributed by atoms with E-state index in [1.165, 1.54) is 17.5 Å². The maximum atomic E-state index is 12.2. The van der Waals surface area contributed by atoms with Crippen LogP contribution in [0.25, 0.3) is 0 Å². The molecule has 0 unspecified atom stereocenters. The van der Waals surface area contributed by atoms with Crippen LogP contribution in [-0.4, -0.2) is 17.5 Å². The predicted octanol–water partition coefficient (Wildman–Crippen LogP) is 1.77. The first-order valence-electron chi connectivity index (χ1n) is 7.01. The fraction of sp³-hybridized carbons (Fsp3) is 0.400. The lowest BCUT2D eigenvalue weighted by Gasteiger charge is -2.20. The Hall–Kier alpha value is -2.17. The Labute approximate surface area is 117 Å². The van der Waals surface area contributed by atoms with Crippen molar-refractivity contribution < 1.29 is 9.59 Å². The number of rotatable bonds is 2. The van der Waals surface area contributed by atoms with Crippen LogP contribution in [0.3, 0.4) is 0 Å². The van der Waals surface area contributed by atoms with Crippen LogP contribution >= 0.6 is 0 Å². The van der Waals surface area contributed by atoms with Gasteiger partial charge in [-0.25, -0.2) is 5.43 Å². The van der Waals surface area contributed by atoms with E-state index in [1.807, 2.05) is 12.1 Å². The lowest BCUT2D eigenvalue weighted by molar-refractivity contribution is -0.121. The Morgan fingerprint density at radius 1 is 1.15 bits per heavy atom. The van der Waals surface area contributed by atoms with Gasteiger partial charge in [0.05, 0.1) is 0 Å². The van der Waals surface area contributed by atoms with Crippen LogP contribution < -0.4 is 10.7 Å². The van der Waals surface area contributed by atoms with Crippen LogP contribution in [0, 0.1) is 0 Å². The number of nitrogens with zero attached hydrogens (tertiary/aromatic N) is 1. The minimum Gasteiger partial charge on any atom is -0.321 e. The highest BCUT2D eigenvalue weighted by atomic mass is 16.2. The van der Waals surface area contributed by atoms with Gasteiger partial charge in [-0.15, -0.1) is 0 Å². The zero-order chi connectivity index (χ0) is 13.9. The van der Waals surface area contributed by atoms with E-state index < -0.39 is 0 Å². The molecule has 20 heavy (non-hydrogen) atoms. The van der Waals surface area contributed by atoms with E-state index in [-0.39, 0.29) is 11.8 Å². The van der Waals surface area contributed by atoms with Crippen molar-refractivity contribution >= 4 is 23.2 Å². The predicted molar refractivity (Wildman–Crippen MR) is 76.5 cm³/mol. The number of aryl methyl sites for hydroxylation is 1. The number of nitrogens with one attached hydrogen (secondary N) is 2. The van der Waals surface area contributed by atoms with E-state index in [2.05, 4.69) is 21.9 Å². The van der Waals surface area contributed by atoms with Gasteiger partial charge in [0.1, 0.15) is 5.71 Å². The Morgan fingerprint density at radius 3 is 2.80 bits per heavy atom. The molecule has 0 bridgehead atoms. The second-order valence-corrected chi connectivity index (χ2v) is 5.20. The van der Waals surface area contributed by atoms with Gasteiger partial charge in [-0.3, -0.25) is 9.59 Å². The lowest BCUT2D eigenvalue weighted by Crippen LogP contribution is -2.33. The number of benzene rings is 1. The summed E-state index contributed by atoms with van der Waals surface area (Å²) in [6, 6.07) is 6.04. The number of hydrogen-bond acceptors (Lipinski definition) is 3. The van der Waals surface area contributed by atoms with E-state index in [1.54, 1.807) is 0 Å². The molecule has 2 aliphatic rings. The Morgan fingerprint density at radius 2 is 2.00 bits per heavy atom. The SMILES string of the molecule is O=C1CCC(C(=O)Nc2cccc3c2CCCC3)=NN1. The molecule has 5 nitrogen and oxygen atoms in total. The van der Waals surface area contributed by atoms with Crippen LogP contribution in [0.1, 0.15) is 36.8 Å². The average molecular weight is 271 g/mol. The molecular weight excluding hydrogens is 254 g/mol. The molecule has 2 amide bonds. The zero-order valence-electron chi connectivity index (χ0n) is 11.2. The summed E-state index contributed by atoms with van der Waals surface area (Å²) in [5.74, 6) is -0.359. The number of hydrazone groups is 1. The van der Waals surface area contributed by atoms with Crippen LogP contribution in [0.4, 0.5) is 5.69 Å². The van der Waals surface area contributed by atoms with Gasteiger partial charge in [-0.2, -0.15) is 5.10 Å². The van der Waals surface area contributed by atoms with Gasteiger partial charge in [-0.05, 0) is 42.9 Å². The molecule has 0 radical (unpaired) electrons. The first kappa shape index (κ1) is 12.8. The molecule has 1 aliphatic heterocycles. The Balaban J connectivity index is 1.78. The van der Waals surface area contributed by atoms with Gasteiger partial charge >= 0.3 is 0 Å². The maximum absolute atomic E-state index is 12.2. The second kappa shape index (κ2) is 5.45. The van der Waals surface area contributed by atoms with Crippen molar-refractivity contribution in [3.63, 3.8) is 0 Å². The Bertz CT molecular complexity index is 593. The molecule has 0 atom stereocenters. The topological polar surface area (TPSA) is 70.6 Å². The number of anilines is 1. The fourth-order valence-corrected chi connectivity index (χ4v) is 2.73. The smallest absolute Gasteiger partial charge is 0.271 e. The van der Waals surface area contributed by atoms with Gasteiger partial charge in [0.15, 0.2) is 0 Å². The van der Waals surface area contributed by atoms with Crippen molar-refractivity contribution in [2.45, 2.75) is 38.5 Å². The van der Waals surface area contributed by atoms with Crippen molar-refractivity contribution in [3.05, 3.63) is 29.3 Å². The van der Waals surface area contributed by atoms with Crippen molar-refractivity contribution in [2.24, 2.45) is 5.10 Å². The first-order chi connectivity index (χ1) is 9.74. The monoisotopic (exact) mass is 271 g/mol. The highest BCUT2D eigenvalue weighted by Gasteiger charge is 2.20. The summed E-state index contributed by atoms with van der Waals surface area (Å²) in [6.45, 7) is 0. The largest absolute Gasteiger partial charge is 0.321 e. The molecule has 0 saturated heterocycles. The van der Waals surface area contributed by atoms with Gasteiger partial charge in [0.2, 0.25) is 5.91 Å². The molecule has 0 saturated carbocycles. The normalized spacial score (nSPS) is 17.8. The van der Waals surface area contributed by atoms with Crippen molar-refractivity contribution in [3.8, 4) is 0 Å². The highest BCUT2D eigenvalue weighted by molar-refractivity contribution is 6.43. The second-order valence-electron chi connectivity index (χ2n) is 5.20. The maximum Gasteiger partial charge on any atom is 0.271 e. The third-order valence-electron chi connectivity index (χ3n) is 3.81.